The van der Waals surface area contributed by atoms with Crippen LogP contribution in [0.3, 0.4) is 0 Å². The van der Waals surface area contributed by atoms with Gasteiger partial charge in [-0.25, -0.2) is 0 Å². The molecule has 3 heteroatoms. The summed E-state index contributed by atoms with van der Waals surface area (Å²) in [6, 6.07) is 6.89. The topological polar surface area (TPSA) is 37.3 Å². The van der Waals surface area contributed by atoms with Crippen LogP contribution in [0.15, 0.2) is 24.3 Å². The van der Waals surface area contributed by atoms with Crippen LogP contribution in [0.25, 0.3) is 0 Å². The van der Waals surface area contributed by atoms with Crippen molar-refractivity contribution in [1.29, 1.82) is 0 Å². The lowest BCUT2D eigenvalue weighted by Gasteiger charge is -2.05. The molecule has 1 N–H and O–H groups in total. The third kappa shape index (κ3) is 1.98. The maximum absolute atomic E-state index is 10.6. The molecule has 0 saturated carbocycles. The third-order valence-electron chi connectivity index (χ3n) is 1.72. The van der Waals surface area contributed by atoms with Crippen LogP contribution in [0, 0.1) is 0 Å². The molecular formula is C9H9ClO2. The van der Waals surface area contributed by atoms with Crippen molar-refractivity contribution in [2.45, 2.75) is 12.8 Å². The number of hydrogen-bond donors (Lipinski definition) is 1. The van der Waals surface area contributed by atoms with Gasteiger partial charge in [0.05, 0.1) is 5.92 Å². The van der Waals surface area contributed by atoms with Crippen molar-refractivity contribution in [2.24, 2.45) is 0 Å². The zero-order valence-corrected chi connectivity index (χ0v) is 7.38. The number of benzene rings is 1. The Balaban J connectivity index is 2.95. The van der Waals surface area contributed by atoms with Crippen molar-refractivity contribution in [3.8, 4) is 0 Å². The van der Waals surface area contributed by atoms with Gasteiger partial charge in [0.15, 0.2) is 0 Å². The van der Waals surface area contributed by atoms with Gasteiger partial charge in [0.2, 0.25) is 0 Å². The second-order valence-electron chi connectivity index (χ2n) is 2.61. The van der Waals surface area contributed by atoms with Gasteiger partial charge in [-0.1, -0.05) is 23.7 Å². The lowest BCUT2D eigenvalue weighted by Crippen LogP contribution is -2.06. The lowest BCUT2D eigenvalue weighted by atomic mass is 10.0. The minimum Gasteiger partial charge on any atom is -0.481 e. The molecule has 0 radical (unpaired) electrons. The van der Waals surface area contributed by atoms with Gasteiger partial charge in [-0.3, -0.25) is 4.79 Å². The summed E-state index contributed by atoms with van der Waals surface area (Å²) < 4.78 is 0. The molecule has 12 heavy (non-hydrogen) atoms. The van der Waals surface area contributed by atoms with E-state index >= 15 is 0 Å². The highest BCUT2D eigenvalue weighted by atomic mass is 35.5. The largest absolute Gasteiger partial charge is 0.481 e. The molecule has 0 aliphatic carbocycles. The monoisotopic (exact) mass is 184 g/mol. The van der Waals surface area contributed by atoms with Gasteiger partial charge in [-0.2, -0.15) is 0 Å². The van der Waals surface area contributed by atoms with E-state index in [1.807, 2.05) is 0 Å². The van der Waals surface area contributed by atoms with Gasteiger partial charge in [-0.05, 0) is 24.6 Å². The van der Waals surface area contributed by atoms with E-state index in [4.69, 9.17) is 16.7 Å². The SMILES string of the molecule is C[C@H](C(=O)O)c1cccc(Cl)c1. The highest BCUT2D eigenvalue weighted by Gasteiger charge is 2.12. The van der Waals surface area contributed by atoms with Crippen LogP contribution in [-0.2, 0) is 4.79 Å². The summed E-state index contributed by atoms with van der Waals surface area (Å²) in [6.07, 6.45) is 0. The van der Waals surface area contributed by atoms with Crippen molar-refractivity contribution >= 4 is 17.6 Å². The average molecular weight is 185 g/mol. The molecule has 0 fully saturated rings. The molecule has 1 aromatic carbocycles. The van der Waals surface area contributed by atoms with E-state index in [0.29, 0.717) is 5.02 Å². The van der Waals surface area contributed by atoms with Gasteiger partial charge in [0.25, 0.3) is 0 Å². The molecule has 0 aliphatic rings. The summed E-state index contributed by atoms with van der Waals surface area (Å²) >= 11 is 5.70. The van der Waals surface area contributed by atoms with E-state index in [-0.39, 0.29) is 0 Å². The van der Waals surface area contributed by atoms with Crippen LogP contribution < -0.4 is 0 Å². The maximum Gasteiger partial charge on any atom is 0.310 e. The third-order valence-corrected chi connectivity index (χ3v) is 1.95. The number of hydrogen-bond acceptors (Lipinski definition) is 1. The first-order valence-electron chi connectivity index (χ1n) is 3.59. The lowest BCUT2D eigenvalue weighted by molar-refractivity contribution is -0.138. The summed E-state index contributed by atoms with van der Waals surface area (Å²) in [5, 5.41) is 9.25. The molecular weight excluding hydrogens is 176 g/mol. The Bertz CT molecular complexity index is 296. The van der Waals surface area contributed by atoms with E-state index in [2.05, 4.69) is 0 Å². The quantitative estimate of drug-likeness (QED) is 0.767. The number of carboxylic acid groups (broad SMARTS) is 1. The van der Waals surface area contributed by atoms with Crippen molar-refractivity contribution in [2.75, 3.05) is 0 Å². The Morgan fingerprint density at radius 2 is 2.25 bits per heavy atom. The van der Waals surface area contributed by atoms with E-state index < -0.39 is 11.9 Å². The van der Waals surface area contributed by atoms with Crippen LogP contribution in [0.2, 0.25) is 5.02 Å². The maximum atomic E-state index is 10.6. The van der Waals surface area contributed by atoms with Crippen molar-refractivity contribution in [3.05, 3.63) is 34.9 Å². The predicted octanol–water partition coefficient (Wildman–Crippen LogP) is 2.53. The van der Waals surface area contributed by atoms with E-state index in [9.17, 15) is 4.79 Å². The second kappa shape index (κ2) is 3.59. The molecule has 1 rings (SSSR count). The van der Waals surface area contributed by atoms with Crippen molar-refractivity contribution < 1.29 is 9.90 Å². The number of halogens is 1. The molecule has 0 amide bonds. The van der Waals surface area contributed by atoms with E-state index in [0.717, 1.165) is 5.56 Å². The molecule has 0 spiro atoms. The van der Waals surface area contributed by atoms with Crippen LogP contribution in [0.5, 0.6) is 0 Å². The first-order chi connectivity index (χ1) is 5.61. The fraction of sp³-hybridized carbons (Fsp3) is 0.222. The van der Waals surface area contributed by atoms with Gasteiger partial charge in [0.1, 0.15) is 0 Å². The molecule has 0 unspecified atom stereocenters. The highest BCUT2D eigenvalue weighted by Crippen LogP contribution is 2.18. The number of carboxylic acids is 1. The fourth-order valence-corrected chi connectivity index (χ4v) is 1.12. The Hall–Kier alpha value is -1.02. The summed E-state index contributed by atoms with van der Waals surface area (Å²) in [5.41, 5.74) is 0.731. The minimum atomic E-state index is -0.836. The average Bonchev–Trinajstić information content (AvgIpc) is 2.03. The Morgan fingerprint density at radius 1 is 1.58 bits per heavy atom. The number of carbonyl (C=O) groups is 1. The standard InChI is InChI=1S/C9H9ClO2/c1-6(9(11)12)7-3-2-4-8(10)5-7/h2-6H,1H3,(H,11,12)/t6-/m0/s1. The van der Waals surface area contributed by atoms with Gasteiger partial charge in [-0.15, -0.1) is 0 Å². The van der Waals surface area contributed by atoms with Gasteiger partial charge >= 0.3 is 5.97 Å². The molecule has 0 aromatic heterocycles. The summed E-state index contributed by atoms with van der Waals surface area (Å²) in [6.45, 7) is 1.63. The number of aliphatic carboxylic acids is 1. The van der Waals surface area contributed by atoms with Crippen LogP contribution in [0.4, 0.5) is 0 Å². The molecule has 64 valence electrons. The normalized spacial score (nSPS) is 12.5. The summed E-state index contributed by atoms with van der Waals surface area (Å²) in [4.78, 5) is 10.6. The molecule has 0 aliphatic heterocycles. The number of rotatable bonds is 2. The van der Waals surface area contributed by atoms with Gasteiger partial charge in [0, 0.05) is 5.02 Å². The highest BCUT2D eigenvalue weighted by molar-refractivity contribution is 6.30. The minimum absolute atomic E-state index is 0.497. The molecule has 0 saturated heterocycles. The zero-order chi connectivity index (χ0) is 9.14. The van der Waals surface area contributed by atoms with Gasteiger partial charge < -0.3 is 5.11 Å². The smallest absolute Gasteiger partial charge is 0.310 e. The molecule has 0 heterocycles. The Kier molecular flexibility index (Phi) is 2.71. The van der Waals surface area contributed by atoms with Crippen molar-refractivity contribution in [3.63, 3.8) is 0 Å². The van der Waals surface area contributed by atoms with E-state index in [1.54, 1.807) is 31.2 Å². The van der Waals surface area contributed by atoms with E-state index in [1.165, 1.54) is 0 Å². The van der Waals surface area contributed by atoms with Crippen LogP contribution >= 0.6 is 11.6 Å². The first kappa shape index (κ1) is 9.07. The summed E-state index contributed by atoms with van der Waals surface area (Å²) in [5.74, 6) is -1.33. The second-order valence-corrected chi connectivity index (χ2v) is 3.05. The molecule has 1 atom stereocenters. The Labute approximate surface area is 75.8 Å². The molecule has 2 nitrogen and oxygen atoms in total. The van der Waals surface area contributed by atoms with Crippen LogP contribution in [0.1, 0.15) is 18.4 Å². The summed E-state index contributed by atoms with van der Waals surface area (Å²) in [7, 11) is 0. The zero-order valence-electron chi connectivity index (χ0n) is 6.62. The first-order valence-corrected chi connectivity index (χ1v) is 3.97. The molecule has 0 bridgehead atoms. The predicted molar refractivity (Wildman–Crippen MR) is 47.5 cm³/mol. The molecule has 1 aromatic rings. The van der Waals surface area contributed by atoms with Crippen molar-refractivity contribution in [1.82, 2.24) is 0 Å². The van der Waals surface area contributed by atoms with Crippen LogP contribution in [-0.4, -0.2) is 11.1 Å². The Morgan fingerprint density at radius 3 is 2.75 bits per heavy atom. The fourth-order valence-electron chi connectivity index (χ4n) is 0.919.